The molecule has 1 aromatic rings. The lowest BCUT2D eigenvalue weighted by Crippen LogP contribution is -2.49. The Kier molecular flexibility index (Phi) is 8.73. The van der Waals surface area contributed by atoms with Crippen LogP contribution in [0.3, 0.4) is 0 Å². The van der Waals surface area contributed by atoms with Gasteiger partial charge in [-0.1, -0.05) is 6.42 Å². The van der Waals surface area contributed by atoms with E-state index in [0.717, 1.165) is 38.8 Å². The number of ether oxygens (including phenoxy) is 2. The fourth-order valence-corrected chi connectivity index (χ4v) is 8.08. The average Bonchev–Trinajstić information content (AvgIpc) is 3.33. The highest BCUT2D eigenvalue weighted by Gasteiger charge is 2.37. The lowest BCUT2D eigenvalue weighted by Gasteiger charge is -2.40. The van der Waals surface area contributed by atoms with Crippen LogP contribution in [-0.2, 0) is 19.6 Å². The van der Waals surface area contributed by atoms with E-state index in [2.05, 4.69) is 4.90 Å². The first-order valence-electron chi connectivity index (χ1n) is 13.1. The van der Waals surface area contributed by atoms with Crippen molar-refractivity contribution in [2.24, 2.45) is 0 Å². The van der Waals surface area contributed by atoms with E-state index in [1.165, 1.54) is 32.4 Å². The van der Waals surface area contributed by atoms with Crippen LogP contribution in [0.5, 0.6) is 5.75 Å². The van der Waals surface area contributed by atoms with Gasteiger partial charge in [-0.2, -0.15) is 4.31 Å². The quantitative estimate of drug-likeness (QED) is 0.538. The molecule has 3 fully saturated rings. The molecule has 0 N–H and O–H groups in total. The van der Waals surface area contributed by atoms with Gasteiger partial charge < -0.3 is 19.3 Å². The Bertz CT molecular complexity index is 962. The highest BCUT2D eigenvalue weighted by Crippen LogP contribution is 2.32. The Morgan fingerprint density at radius 1 is 0.943 bits per heavy atom. The summed E-state index contributed by atoms with van der Waals surface area (Å²) in [5, 5.41) is 0. The zero-order valence-corrected chi connectivity index (χ0v) is 22.3. The number of aryl methyl sites for hydroxylation is 2. The molecule has 0 spiro atoms. The van der Waals surface area contributed by atoms with Crippen molar-refractivity contribution in [3.05, 3.63) is 23.3 Å². The number of piperidine rings is 2. The van der Waals surface area contributed by atoms with E-state index in [4.69, 9.17) is 9.47 Å². The molecule has 0 saturated carbocycles. The summed E-state index contributed by atoms with van der Waals surface area (Å²) < 4.78 is 39.7. The number of hydrogen-bond donors (Lipinski definition) is 0. The van der Waals surface area contributed by atoms with Gasteiger partial charge in [0.05, 0.1) is 18.6 Å². The number of amides is 1. The van der Waals surface area contributed by atoms with Crippen LogP contribution < -0.4 is 4.74 Å². The predicted octanol–water partition coefficient (Wildman–Crippen LogP) is 2.96. The molecule has 35 heavy (non-hydrogen) atoms. The first-order chi connectivity index (χ1) is 16.8. The fourth-order valence-electron chi connectivity index (χ4n) is 5.98. The number of hydrogen-bond acceptors (Lipinski definition) is 6. The molecule has 0 radical (unpaired) electrons. The molecule has 196 valence electrons. The van der Waals surface area contributed by atoms with Crippen LogP contribution in [0.2, 0.25) is 0 Å². The Balaban J connectivity index is 1.29. The summed E-state index contributed by atoms with van der Waals surface area (Å²) in [5.41, 5.74) is 1.35. The normalized spacial score (nSPS) is 23.1. The van der Waals surface area contributed by atoms with Crippen molar-refractivity contribution < 1.29 is 22.7 Å². The Morgan fingerprint density at radius 3 is 2.23 bits per heavy atom. The molecule has 3 saturated heterocycles. The summed E-state index contributed by atoms with van der Waals surface area (Å²) in [4.78, 5) is 17.6. The molecule has 1 aromatic carbocycles. The second-order valence-electron chi connectivity index (χ2n) is 10.2. The number of nitrogens with zero attached hydrogens (tertiary/aromatic N) is 3. The highest BCUT2D eigenvalue weighted by atomic mass is 32.2. The fraction of sp³-hybridized carbons (Fsp3) is 0.731. The monoisotopic (exact) mass is 507 g/mol. The van der Waals surface area contributed by atoms with Gasteiger partial charge in [0.25, 0.3) is 0 Å². The number of rotatable bonds is 8. The molecular formula is C26H41N3O5S. The minimum Gasteiger partial charge on any atom is -0.497 e. The molecule has 9 heteroatoms. The largest absolute Gasteiger partial charge is 0.497 e. The summed E-state index contributed by atoms with van der Waals surface area (Å²) in [6.07, 6.45) is 7.51. The van der Waals surface area contributed by atoms with E-state index in [-0.39, 0.29) is 25.2 Å². The van der Waals surface area contributed by atoms with Crippen LogP contribution in [0.4, 0.5) is 0 Å². The summed E-state index contributed by atoms with van der Waals surface area (Å²) >= 11 is 0. The zero-order valence-electron chi connectivity index (χ0n) is 21.5. The van der Waals surface area contributed by atoms with Crippen LogP contribution in [0, 0.1) is 13.8 Å². The maximum atomic E-state index is 13.5. The smallest absolute Gasteiger partial charge is 0.248 e. The molecule has 4 rings (SSSR count). The molecule has 8 nitrogen and oxygen atoms in total. The number of methoxy groups -OCH3 is 1. The number of sulfonamides is 1. The standard InChI is InChI=1S/C26H41N3O5S/c1-20-16-24(33-3)17-21(2)26(20)35(31,32)29-13-7-8-23(29)18-34-19-25(30)28-14-9-22(10-15-28)27-11-5-4-6-12-27/h16-17,22-23H,4-15,18-19H2,1-3H3. The van der Waals surface area contributed by atoms with Crippen LogP contribution >= 0.6 is 0 Å². The number of carbonyl (C=O) groups excluding carboxylic acids is 1. The van der Waals surface area contributed by atoms with Crippen LogP contribution in [0.1, 0.15) is 56.1 Å². The third-order valence-corrected chi connectivity index (χ3v) is 10.1. The van der Waals surface area contributed by atoms with E-state index < -0.39 is 10.0 Å². The molecule has 0 aliphatic carbocycles. The van der Waals surface area contributed by atoms with Gasteiger partial charge in [0.1, 0.15) is 12.4 Å². The van der Waals surface area contributed by atoms with Crippen molar-refractivity contribution in [3.63, 3.8) is 0 Å². The summed E-state index contributed by atoms with van der Waals surface area (Å²) in [6.45, 7) is 8.28. The van der Waals surface area contributed by atoms with Gasteiger partial charge in [0.2, 0.25) is 15.9 Å². The van der Waals surface area contributed by atoms with Gasteiger partial charge in [-0.15, -0.1) is 0 Å². The van der Waals surface area contributed by atoms with Crippen molar-refractivity contribution in [2.75, 3.05) is 53.0 Å². The third kappa shape index (κ3) is 6.01. The maximum absolute atomic E-state index is 13.5. The van der Waals surface area contributed by atoms with Gasteiger partial charge in [0.15, 0.2) is 0 Å². The lowest BCUT2D eigenvalue weighted by atomic mass is 10.00. The van der Waals surface area contributed by atoms with Crippen molar-refractivity contribution in [1.82, 2.24) is 14.1 Å². The minimum atomic E-state index is -3.66. The van der Waals surface area contributed by atoms with Gasteiger partial charge in [0, 0.05) is 31.7 Å². The van der Waals surface area contributed by atoms with Crippen LogP contribution in [-0.4, -0.2) is 93.6 Å². The topological polar surface area (TPSA) is 79.4 Å². The maximum Gasteiger partial charge on any atom is 0.248 e. The van der Waals surface area contributed by atoms with E-state index in [0.29, 0.717) is 34.4 Å². The molecule has 1 atom stereocenters. The predicted molar refractivity (Wildman–Crippen MR) is 135 cm³/mol. The second-order valence-corrected chi connectivity index (χ2v) is 12.1. The SMILES string of the molecule is COc1cc(C)c(S(=O)(=O)N2CCCC2COCC(=O)N2CCC(N3CCCCC3)CC2)c(C)c1. The van der Waals surface area contributed by atoms with Gasteiger partial charge >= 0.3 is 0 Å². The van der Waals surface area contributed by atoms with Crippen LogP contribution in [0.25, 0.3) is 0 Å². The van der Waals surface area contributed by atoms with Crippen molar-refractivity contribution in [2.45, 2.75) is 75.8 Å². The molecule has 1 amide bonds. The number of carbonyl (C=O) groups is 1. The first kappa shape index (κ1) is 26.4. The molecule has 3 heterocycles. The van der Waals surface area contributed by atoms with E-state index in [1.54, 1.807) is 37.4 Å². The van der Waals surface area contributed by atoms with E-state index >= 15 is 0 Å². The average molecular weight is 508 g/mol. The van der Waals surface area contributed by atoms with Gasteiger partial charge in [-0.25, -0.2) is 8.42 Å². The van der Waals surface area contributed by atoms with Gasteiger partial charge in [-0.3, -0.25) is 4.79 Å². The number of benzene rings is 1. The molecule has 0 aromatic heterocycles. The van der Waals surface area contributed by atoms with E-state index in [9.17, 15) is 13.2 Å². The molecule has 0 bridgehead atoms. The molecular weight excluding hydrogens is 466 g/mol. The molecule has 3 aliphatic rings. The highest BCUT2D eigenvalue weighted by molar-refractivity contribution is 7.89. The van der Waals surface area contributed by atoms with Crippen molar-refractivity contribution in [1.29, 1.82) is 0 Å². The third-order valence-electron chi connectivity index (χ3n) is 7.82. The molecule has 1 unspecified atom stereocenters. The van der Waals surface area contributed by atoms with Crippen LogP contribution in [0.15, 0.2) is 17.0 Å². The number of likely N-dealkylation sites (tertiary alicyclic amines) is 2. The van der Waals surface area contributed by atoms with E-state index in [1.807, 2.05) is 4.90 Å². The second kappa shape index (κ2) is 11.6. The molecule has 3 aliphatic heterocycles. The van der Waals surface area contributed by atoms with Crippen molar-refractivity contribution in [3.8, 4) is 5.75 Å². The van der Waals surface area contributed by atoms with Gasteiger partial charge in [-0.05, 0) is 88.7 Å². The minimum absolute atomic E-state index is 0.0105. The Labute approximate surface area is 210 Å². The zero-order chi connectivity index (χ0) is 25.0. The van der Waals surface area contributed by atoms with Crippen molar-refractivity contribution >= 4 is 15.9 Å². The summed E-state index contributed by atoms with van der Waals surface area (Å²) in [7, 11) is -2.09. The summed E-state index contributed by atoms with van der Waals surface area (Å²) in [6, 6.07) is 3.87. The first-order valence-corrected chi connectivity index (χ1v) is 14.5. The Morgan fingerprint density at radius 2 is 1.60 bits per heavy atom. The Hall–Kier alpha value is -1.68. The lowest BCUT2D eigenvalue weighted by molar-refractivity contribution is -0.138. The summed E-state index contributed by atoms with van der Waals surface area (Å²) in [5.74, 6) is 0.662.